The highest BCUT2D eigenvalue weighted by atomic mass is 35.5. The summed E-state index contributed by atoms with van der Waals surface area (Å²) in [6.45, 7) is 0. The van der Waals surface area contributed by atoms with E-state index < -0.39 is 18.4 Å². The lowest BCUT2D eigenvalue weighted by molar-refractivity contribution is -0.171. The normalized spacial score (nSPS) is 11.6. The van der Waals surface area contributed by atoms with Crippen molar-refractivity contribution in [1.29, 1.82) is 0 Å². The molecule has 0 fully saturated rings. The maximum absolute atomic E-state index is 11.4. The minimum atomic E-state index is -4.69. The van der Waals surface area contributed by atoms with Crippen LogP contribution in [0.15, 0.2) is 0 Å². The van der Waals surface area contributed by atoms with Gasteiger partial charge in [-0.1, -0.05) is 0 Å². The van der Waals surface area contributed by atoms with Gasteiger partial charge >= 0.3 is 6.18 Å². The van der Waals surface area contributed by atoms with Gasteiger partial charge in [-0.05, 0) is 6.42 Å². The van der Waals surface area contributed by atoms with E-state index in [2.05, 4.69) is 0 Å². The second-order valence-corrected chi connectivity index (χ2v) is 2.09. The number of alkyl halides is 4. The molecule has 0 N–H and O–H groups in total. The molecule has 0 saturated heterocycles. The van der Waals surface area contributed by atoms with Crippen LogP contribution in [0.25, 0.3) is 0 Å². The monoisotopic (exact) mass is 174 g/mol. The van der Waals surface area contributed by atoms with Crippen LogP contribution < -0.4 is 0 Å². The summed E-state index contributed by atoms with van der Waals surface area (Å²) in [5, 5.41) is 0. The maximum Gasteiger partial charge on any atom is 0.449 e. The third-order valence-electron chi connectivity index (χ3n) is 0.854. The molecule has 0 atom stereocenters. The molecule has 0 bridgehead atoms. The Bertz CT molecular complexity index is 121. The van der Waals surface area contributed by atoms with Crippen molar-refractivity contribution < 1.29 is 18.0 Å². The summed E-state index contributed by atoms with van der Waals surface area (Å²) in [7, 11) is 0. The smallest absolute Gasteiger partial charge is 0.290 e. The SMILES string of the molecule is O=C(CCCCl)C(F)(F)F. The Kier molecular flexibility index (Phi) is 3.71. The van der Waals surface area contributed by atoms with Crippen molar-refractivity contribution in [2.45, 2.75) is 19.0 Å². The molecule has 1 nitrogen and oxygen atoms in total. The zero-order chi connectivity index (χ0) is 8.20. The number of carbonyl (C=O) groups excluding carboxylic acids is 1. The molecule has 0 aliphatic rings. The van der Waals surface area contributed by atoms with Gasteiger partial charge in [0.2, 0.25) is 5.78 Å². The van der Waals surface area contributed by atoms with Gasteiger partial charge in [-0.3, -0.25) is 4.79 Å². The van der Waals surface area contributed by atoms with E-state index in [1.165, 1.54) is 0 Å². The number of ketones is 1. The largest absolute Gasteiger partial charge is 0.449 e. The lowest BCUT2D eigenvalue weighted by atomic mass is 10.2. The van der Waals surface area contributed by atoms with E-state index in [1.807, 2.05) is 0 Å². The van der Waals surface area contributed by atoms with Crippen LogP contribution in [0, 0.1) is 0 Å². The van der Waals surface area contributed by atoms with E-state index in [0.717, 1.165) is 0 Å². The van der Waals surface area contributed by atoms with Gasteiger partial charge in [-0.2, -0.15) is 13.2 Å². The van der Waals surface area contributed by atoms with Gasteiger partial charge in [0.05, 0.1) is 0 Å². The highest BCUT2D eigenvalue weighted by Gasteiger charge is 2.36. The Morgan fingerprint density at radius 3 is 2.20 bits per heavy atom. The molecule has 0 aromatic rings. The maximum atomic E-state index is 11.4. The van der Waals surface area contributed by atoms with E-state index in [1.54, 1.807) is 0 Å². The molecule has 0 aromatic heterocycles. The van der Waals surface area contributed by atoms with Gasteiger partial charge in [0.25, 0.3) is 0 Å². The summed E-state index contributed by atoms with van der Waals surface area (Å²) >= 11 is 5.08. The van der Waals surface area contributed by atoms with E-state index in [-0.39, 0.29) is 12.3 Å². The Balaban J connectivity index is 3.64. The highest BCUT2D eigenvalue weighted by Crippen LogP contribution is 2.18. The fourth-order valence-corrected chi connectivity index (χ4v) is 0.503. The fourth-order valence-electron chi connectivity index (χ4n) is 0.369. The fraction of sp³-hybridized carbons (Fsp3) is 0.800. The molecule has 0 aromatic carbocycles. The zero-order valence-electron chi connectivity index (χ0n) is 5.04. The van der Waals surface area contributed by atoms with Crippen LogP contribution in [0.3, 0.4) is 0 Å². The molecular weight excluding hydrogens is 169 g/mol. The van der Waals surface area contributed by atoms with Crippen molar-refractivity contribution >= 4 is 17.4 Å². The zero-order valence-corrected chi connectivity index (χ0v) is 5.80. The van der Waals surface area contributed by atoms with Crippen molar-refractivity contribution in [2.24, 2.45) is 0 Å². The van der Waals surface area contributed by atoms with Crippen LogP contribution in [0.2, 0.25) is 0 Å². The predicted molar refractivity (Wildman–Crippen MR) is 31.0 cm³/mol. The Hall–Kier alpha value is -0.250. The molecule has 10 heavy (non-hydrogen) atoms. The van der Waals surface area contributed by atoms with Crippen LogP contribution in [0.4, 0.5) is 13.2 Å². The third-order valence-corrected chi connectivity index (χ3v) is 1.12. The highest BCUT2D eigenvalue weighted by molar-refractivity contribution is 6.17. The Labute approximate surface area is 61.2 Å². The first-order chi connectivity index (χ1) is 4.48. The summed E-state index contributed by atoms with van der Waals surface area (Å²) in [6.07, 6.45) is -5.11. The summed E-state index contributed by atoms with van der Waals surface area (Å²) in [6, 6.07) is 0. The summed E-state index contributed by atoms with van der Waals surface area (Å²) in [4.78, 5) is 10.0. The number of carbonyl (C=O) groups is 1. The standard InChI is InChI=1S/C5H6ClF3O/c6-3-1-2-4(10)5(7,8)9/h1-3H2. The number of Topliss-reactive ketones (excluding diaryl/α,β-unsaturated/α-hetero) is 1. The first kappa shape index (κ1) is 9.75. The van der Waals surface area contributed by atoms with Gasteiger partial charge in [-0.25, -0.2) is 0 Å². The van der Waals surface area contributed by atoms with E-state index >= 15 is 0 Å². The average molecular weight is 175 g/mol. The van der Waals surface area contributed by atoms with Crippen LogP contribution >= 0.6 is 11.6 Å². The number of hydrogen-bond acceptors (Lipinski definition) is 1. The van der Waals surface area contributed by atoms with Crippen LogP contribution in [-0.4, -0.2) is 17.8 Å². The number of halogens is 4. The van der Waals surface area contributed by atoms with E-state index in [9.17, 15) is 18.0 Å². The summed E-state index contributed by atoms with van der Waals surface area (Å²) in [5.41, 5.74) is 0. The average Bonchev–Trinajstić information content (AvgIpc) is 1.80. The minimum Gasteiger partial charge on any atom is -0.290 e. The molecule has 0 spiro atoms. The predicted octanol–water partition coefficient (Wildman–Crippen LogP) is 2.14. The van der Waals surface area contributed by atoms with E-state index in [4.69, 9.17) is 11.6 Å². The van der Waals surface area contributed by atoms with Crippen molar-refractivity contribution in [3.8, 4) is 0 Å². The van der Waals surface area contributed by atoms with Gasteiger partial charge in [0.15, 0.2) is 0 Å². The number of rotatable bonds is 3. The van der Waals surface area contributed by atoms with Crippen molar-refractivity contribution in [3.05, 3.63) is 0 Å². The topological polar surface area (TPSA) is 17.1 Å². The molecule has 60 valence electrons. The molecule has 0 radical (unpaired) electrons. The summed E-state index contributed by atoms with van der Waals surface area (Å²) in [5.74, 6) is -1.62. The Morgan fingerprint density at radius 2 is 1.90 bits per heavy atom. The molecule has 0 rings (SSSR count). The van der Waals surface area contributed by atoms with Crippen LogP contribution in [0.5, 0.6) is 0 Å². The van der Waals surface area contributed by atoms with Gasteiger partial charge in [-0.15, -0.1) is 11.6 Å². The minimum absolute atomic E-state index is 0.0832. The molecule has 0 unspecified atom stereocenters. The second kappa shape index (κ2) is 3.81. The molecule has 0 aliphatic carbocycles. The molecular formula is C5H6ClF3O. The van der Waals surface area contributed by atoms with Gasteiger partial charge in [0, 0.05) is 12.3 Å². The first-order valence-electron chi connectivity index (χ1n) is 2.64. The summed E-state index contributed by atoms with van der Waals surface area (Å²) < 4.78 is 34.1. The quantitative estimate of drug-likeness (QED) is 0.599. The lowest BCUT2D eigenvalue weighted by Gasteiger charge is -2.02. The van der Waals surface area contributed by atoms with Gasteiger partial charge in [0.1, 0.15) is 0 Å². The molecule has 0 saturated carbocycles. The molecule has 0 heterocycles. The van der Waals surface area contributed by atoms with Crippen molar-refractivity contribution in [3.63, 3.8) is 0 Å². The van der Waals surface area contributed by atoms with Gasteiger partial charge < -0.3 is 0 Å². The molecule has 0 aliphatic heterocycles. The van der Waals surface area contributed by atoms with E-state index in [0.29, 0.717) is 0 Å². The van der Waals surface area contributed by atoms with Crippen molar-refractivity contribution in [1.82, 2.24) is 0 Å². The first-order valence-corrected chi connectivity index (χ1v) is 3.18. The third kappa shape index (κ3) is 3.71. The molecule has 5 heteroatoms. The lowest BCUT2D eigenvalue weighted by Crippen LogP contribution is -2.22. The number of hydrogen-bond donors (Lipinski definition) is 0. The Morgan fingerprint density at radius 1 is 1.40 bits per heavy atom. The van der Waals surface area contributed by atoms with Crippen molar-refractivity contribution in [2.75, 3.05) is 5.88 Å². The second-order valence-electron chi connectivity index (χ2n) is 1.71. The molecule has 0 amide bonds. The van der Waals surface area contributed by atoms with Crippen LogP contribution in [-0.2, 0) is 4.79 Å². The van der Waals surface area contributed by atoms with Crippen LogP contribution in [0.1, 0.15) is 12.8 Å².